The zero-order chi connectivity index (χ0) is 14.9. The lowest BCUT2D eigenvalue weighted by atomic mass is 10.2. The van der Waals surface area contributed by atoms with Crippen molar-refractivity contribution in [3.05, 3.63) is 48.0 Å². The second kappa shape index (κ2) is 8.62. The third kappa shape index (κ3) is 5.71. The number of hydrogen-bond acceptors (Lipinski definition) is 2. The fourth-order valence-electron chi connectivity index (χ4n) is 2.24. The average Bonchev–Trinajstić information content (AvgIpc) is 3.00. The monoisotopic (exact) mass is 305 g/mol. The van der Waals surface area contributed by atoms with E-state index in [-0.39, 0.29) is 0 Å². The zero-order valence-corrected chi connectivity index (χ0v) is 13.2. The van der Waals surface area contributed by atoms with Gasteiger partial charge in [0.1, 0.15) is 0 Å². The molecule has 0 aromatic heterocycles. The maximum atomic E-state index is 12.0. The molecule has 2 N–H and O–H groups in total. The Labute approximate surface area is 129 Å². The molecule has 1 aromatic carbocycles. The van der Waals surface area contributed by atoms with Gasteiger partial charge in [-0.3, -0.25) is 9.20 Å². The molecule has 0 heterocycles. The average molecular weight is 305 g/mol. The van der Waals surface area contributed by atoms with E-state index in [0.29, 0.717) is 24.1 Å². The Morgan fingerprint density at radius 1 is 1.29 bits per heavy atom. The van der Waals surface area contributed by atoms with E-state index in [1.165, 1.54) is 0 Å². The zero-order valence-electron chi connectivity index (χ0n) is 12.4. The van der Waals surface area contributed by atoms with Crippen LogP contribution >= 0.6 is 0 Å². The van der Waals surface area contributed by atoms with E-state index >= 15 is 0 Å². The van der Waals surface area contributed by atoms with Gasteiger partial charge in [-0.15, -0.1) is 0 Å². The van der Waals surface area contributed by atoms with Crippen LogP contribution in [0.5, 0.6) is 0 Å². The predicted molar refractivity (Wildman–Crippen MR) is 89.8 cm³/mol. The van der Waals surface area contributed by atoms with Crippen molar-refractivity contribution in [3.8, 4) is 0 Å². The highest BCUT2D eigenvalue weighted by molar-refractivity contribution is 7.84. The van der Waals surface area contributed by atoms with E-state index in [1.54, 1.807) is 7.05 Å². The minimum absolute atomic E-state index is 0.436. The lowest BCUT2D eigenvalue weighted by Crippen LogP contribution is -2.43. The van der Waals surface area contributed by atoms with Crippen molar-refractivity contribution < 1.29 is 4.21 Å². The summed E-state index contributed by atoms with van der Waals surface area (Å²) in [6, 6.07) is 10.4. The highest BCUT2D eigenvalue weighted by atomic mass is 32.2. The molecular formula is C16H23N3OS. The number of rotatable bonds is 6. The first-order valence-electron chi connectivity index (χ1n) is 7.29. The van der Waals surface area contributed by atoms with Crippen LogP contribution in [0, 0.1) is 0 Å². The van der Waals surface area contributed by atoms with E-state index in [4.69, 9.17) is 0 Å². The van der Waals surface area contributed by atoms with Gasteiger partial charge >= 0.3 is 0 Å². The van der Waals surface area contributed by atoms with E-state index in [9.17, 15) is 4.21 Å². The van der Waals surface area contributed by atoms with E-state index in [0.717, 1.165) is 24.4 Å². The normalized spacial score (nSPS) is 16.9. The van der Waals surface area contributed by atoms with Gasteiger partial charge in [0.2, 0.25) is 0 Å². The first-order valence-corrected chi connectivity index (χ1v) is 8.78. The maximum absolute atomic E-state index is 12.0. The first-order chi connectivity index (χ1) is 10.3. The van der Waals surface area contributed by atoms with Crippen molar-refractivity contribution in [3.63, 3.8) is 0 Å². The molecule has 21 heavy (non-hydrogen) atoms. The summed E-state index contributed by atoms with van der Waals surface area (Å²) in [7, 11) is 0.912. The van der Waals surface area contributed by atoms with Gasteiger partial charge in [0.05, 0.1) is 0 Å². The summed E-state index contributed by atoms with van der Waals surface area (Å²) in [4.78, 5) is 4.20. The van der Waals surface area contributed by atoms with Gasteiger partial charge in [-0.2, -0.15) is 0 Å². The SMILES string of the molecule is CN=C(NCCS(=O)Cc1ccccc1)NC1CC=CC1. The van der Waals surface area contributed by atoms with Crippen molar-refractivity contribution in [1.82, 2.24) is 10.6 Å². The topological polar surface area (TPSA) is 53.5 Å². The van der Waals surface area contributed by atoms with Gasteiger partial charge in [0.15, 0.2) is 5.96 Å². The van der Waals surface area contributed by atoms with Crippen LogP contribution in [-0.2, 0) is 16.6 Å². The molecule has 0 aliphatic heterocycles. The molecule has 0 spiro atoms. The summed E-state index contributed by atoms with van der Waals surface area (Å²) in [6.45, 7) is 0.666. The maximum Gasteiger partial charge on any atom is 0.191 e. The highest BCUT2D eigenvalue weighted by Gasteiger charge is 2.11. The van der Waals surface area contributed by atoms with Gasteiger partial charge < -0.3 is 10.6 Å². The number of benzene rings is 1. The fourth-order valence-corrected chi connectivity index (χ4v) is 3.28. The Kier molecular flexibility index (Phi) is 6.47. The summed E-state index contributed by atoms with van der Waals surface area (Å²) in [5.74, 6) is 2.03. The minimum atomic E-state index is -0.851. The lowest BCUT2D eigenvalue weighted by molar-refractivity contribution is 0.635. The molecule has 0 bridgehead atoms. The number of hydrogen-bond donors (Lipinski definition) is 2. The van der Waals surface area contributed by atoms with Crippen molar-refractivity contribution >= 4 is 16.8 Å². The summed E-state index contributed by atoms with van der Waals surface area (Å²) in [5, 5.41) is 6.60. The predicted octanol–water partition coefficient (Wildman–Crippen LogP) is 1.82. The molecule has 0 amide bonds. The van der Waals surface area contributed by atoms with Gasteiger partial charge in [0, 0.05) is 41.9 Å². The van der Waals surface area contributed by atoms with Crippen molar-refractivity contribution in [2.24, 2.45) is 4.99 Å². The molecule has 0 saturated heterocycles. The van der Waals surface area contributed by atoms with Gasteiger partial charge in [0.25, 0.3) is 0 Å². The molecule has 0 fully saturated rings. The Hall–Kier alpha value is -1.62. The van der Waals surface area contributed by atoms with E-state index < -0.39 is 10.8 Å². The molecule has 1 atom stereocenters. The van der Waals surface area contributed by atoms with Gasteiger partial charge in [-0.1, -0.05) is 42.5 Å². The number of nitrogens with one attached hydrogen (secondary N) is 2. The third-order valence-corrected chi connectivity index (χ3v) is 4.68. The third-order valence-electron chi connectivity index (χ3n) is 3.36. The Balaban J connectivity index is 1.66. The molecule has 114 valence electrons. The molecule has 1 aromatic rings. The van der Waals surface area contributed by atoms with Gasteiger partial charge in [-0.25, -0.2) is 0 Å². The molecule has 1 aliphatic carbocycles. The minimum Gasteiger partial charge on any atom is -0.355 e. The highest BCUT2D eigenvalue weighted by Crippen LogP contribution is 2.08. The molecule has 0 saturated carbocycles. The van der Waals surface area contributed by atoms with Crippen LogP contribution in [0.3, 0.4) is 0 Å². The number of guanidine groups is 1. The van der Waals surface area contributed by atoms with E-state index in [2.05, 4.69) is 27.8 Å². The summed E-state index contributed by atoms with van der Waals surface area (Å²) in [5.41, 5.74) is 1.12. The standard InChI is InChI=1S/C16H23N3OS/c1-17-16(19-15-9-5-6-10-15)18-11-12-21(20)13-14-7-3-2-4-8-14/h2-8,15H,9-13H2,1H3,(H2,17,18,19). The largest absolute Gasteiger partial charge is 0.355 e. The molecule has 4 nitrogen and oxygen atoms in total. The molecular weight excluding hydrogens is 282 g/mol. The van der Waals surface area contributed by atoms with Crippen molar-refractivity contribution in [2.45, 2.75) is 24.6 Å². The molecule has 1 aliphatic rings. The Morgan fingerprint density at radius 3 is 2.67 bits per heavy atom. The quantitative estimate of drug-likeness (QED) is 0.479. The van der Waals surface area contributed by atoms with E-state index in [1.807, 2.05) is 30.3 Å². The number of nitrogens with zero attached hydrogens (tertiary/aromatic N) is 1. The Bertz CT molecular complexity index is 506. The molecule has 2 rings (SSSR count). The Morgan fingerprint density at radius 2 is 2.00 bits per heavy atom. The van der Waals surface area contributed by atoms with Crippen molar-refractivity contribution in [2.75, 3.05) is 19.3 Å². The van der Waals surface area contributed by atoms with Crippen LogP contribution in [0.1, 0.15) is 18.4 Å². The van der Waals surface area contributed by atoms with Crippen LogP contribution in [0.2, 0.25) is 0 Å². The smallest absolute Gasteiger partial charge is 0.191 e. The fraction of sp³-hybridized carbons (Fsp3) is 0.438. The summed E-state index contributed by atoms with van der Waals surface area (Å²) < 4.78 is 12.0. The van der Waals surface area contributed by atoms with Crippen LogP contribution in [0.15, 0.2) is 47.5 Å². The summed E-state index contributed by atoms with van der Waals surface area (Å²) >= 11 is 0. The van der Waals surface area contributed by atoms with Crippen LogP contribution < -0.4 is 10.6 Å². The number of aliphatic imine (C=N–C) groups is 1. The second-order valence-corrected chi connectivity index (χ2v) is 6.63. The summed E-state index contributed by atoms with van der Waals surface area (Å²) in [6.07, 6.45) is 6.45. The van der Waals surface area contributed by atoms with Crippen LogP contribution in [-0.4, -0.2) is 35.6 Å². The second-order valence-electron chi connectivity index (χ2n) is 5.06. The first kappa shape index (κ1) is 15.8. The van der Waals surface area contributed by atoms with Gasteiger partial charge in [-0.05, 0) is 18.4 Å². The van der Waals surface area contributed by atoms with Crippen LogP contribution in [0.25, 0.3) is 0 Å². The van der Waals surface area contributed by atoms with Crippen LogP contribution in [0.4, 0.5) is 0 Å². The molecule has 0 radical (unpaired) electrons. The molecule has 1 unspecified atom stereocenters. The lowest BCUT2D eigenvalue weighted by Gasteiger charge is -2.16. The van der Waals surface area contributed by atoms with Crippen molar-refractivity contribution in [1.29, 1.82) is 0 Å². The molecule has 5 heteroatoms.